The normalized spacial score (nSPS) is 13.5. The summed E-state index contributed by atoms with van der Waals surface area (Å²) in [5.74, 6) is -1.08. The van der Waals surface area contributed by atoms with Crippen LogP contribution in [0.4, 0.5) is 0 Å². The fourth-order valence-corrected chi connectivity index (χ4v) is 7.34. The van der Waals surface area contributed by atoms with E-state index in [-0.39, 0.29) is 38.0 Å². The van der Waals surface area contributed by atoms with Crippen molar-refractivity contribution in [3.8, 4) is 0 Å². The molecule has 0 aromatic carbocycles. The lowest BCUT2D eigenvalue weighted by Crippen LogP contribution is -2.30. The minimum absolute atomic E-state index is 0.134. The van der Waals surface area contributed by atoms with Crippen molar-refractivity contribution >= 4 is 17.9 Å². The lowest BCUT2D eigenvalue weighted by Gasteiger charge is -2.18. The van der Waals surface area contributed by atoms with Gasteiger partial charge < -0.3 is 14.2 Å². The van der Waals surface area contributed by atoms with Crippen molar-refractivity contribution < 1.29 is 28.6 Å². The summed E-state index contributed by atoms with van der Waals surface area (Å²) in [5, 5.41) is 0. The van der Waals surface area contributed by atoms with E-state index in [2.05, 4.69) is 203 Å². The Kier molecular flexibility index (Phi) is 59.1. The van der Waals surface area contributed by atoms with Gasteiger partial charge in [0.1, 0.15) is 13.2 Å². The van der Waals surface area contributed by atoms with Crippen LogP contribution in [0.15, 0.2) is 194 Å². The van der Waals surface area contributed by atoms with E-state index in [0.717, 1.165) is 161 Å². The first-order chi connectivity index (χ1) is 38.5. The van der Waals surface area contributed by atoms with Crippen LogP contribution in [0.5, 0.6) is 0 Å². The predicted molar refractivity (Wildman–Crippen MR) is 338 cm³/mol. The first-order valence-electron chi connectivity index (χ1n) is 30.4. The van der Waals surface area contributed by atoms with Crippen molar-refractivity contribution in [1.29, 1.82) is 0 Å². The molecule has 432 valence electrons. The van der Waals surface area contributed by atoms with E-state index < -0.39 is 12.1 Å². The van der Waals surface area contributed by atoms with Crippen LogP contribution in [0, 0.1) is 0 Å². The smallest absolute Gasteiger partial charge is 0.306 e. The van der Waals surface area contributed by atoms with Crippen LogP contribution < -0.4 is 0 Å². The van der Waals surface area contributed by atoms with Gasteiger partial charge in [-0.25, -0.2) is 0 Å². The highest BCUT2D eigenvalue weighted by Gasteiger charge is 2.19. The average molecular weight is 1070 g/mol. The van der Waals surface area contributed by atoms with Gasteiger partial charge >= 0.3 is 17.9 Å². The molecule has 0 saturated heterocycles. The maximum Gasteiger partial charge on any atom is 0.306 e. The molecule has 0 aromatic heterocycles. The molecule has 0 aliphatic heterocycles. The second kappa shape index (κ2) is 63.8. The summed E-state index contributed by atoms with van der Waals surface area (Å²) < 4.78 is 16.7. The Labute approximate surface area is 477 Å². The first-order valence-corrected chi connectivity index (χ1v) is 30.4. The molecule has 0 amide bonds. The molecule has 0 rings (SSSR count). The Balaban J connectivity index is 4.46. The Morgan fingerprint density at radius 2 is 0.526 bits per heavy atom. The number of ether oxygens (including phenoxy) is 3. The van der Waals surface area contributed by atoms with E-state index in [4.69, 9.17) is 14.2 Å². The second-order valence-electron chi connectivity index (χ2n) is 19.1. The van der Waals surface area contributed by atoms with Gasteiger partial charge in [0, 0.05) is 19.3 Å². The van der Waals surface area contributed by atoms with Gasteiger partial charge in [0.25, 0.3) is 0 Å². The highest BCUT2D eigenvalue weighted by atomic mass is 16.6. The monoisotopic (exact) mass is 1070 g/mol. The molecule has 6 nitrogen and oxygen atoms in total. The maximum absolute atomic E-state index is 12.8. The van der Waals surface area contributed by atoms with Crippen LogP contribution in [-0.4, -0.2) is 37.2 Å². The SMILES string of the molecule is CC/C=C\C/C=C\C/C=C\C/C=C\C/C=C\C/C=C\C/C=C\C/C=C\C/C=C\CCCCCC(=O)OCC(COC(=O)CCCCCCC/C=C\CCC)OC(=O)CC/C=C\C/C=C\C/C=C\C/C=C\C/C=C\C/C=C\CC. The lowest BCUT2D eigenvalue weighted by atomic mass is 10.1. The third kappa shape index (κ3) is 61.1. The van der Waals surface area contributed by atoms with E-state index in [9.17, 15) is 14.4 Å². The number of esters is 3. The number of hydrogen-bond donors (Lipinski definition) is 0. The third-order valence-electron chi connectivity index (χ3n) is 11.8. The molecule has 0 N–H and O–H groups in total. The Bertz CT molecular complexity index is 1900. The molecule has 0 radical (unpaired) electrons. The number of hydrogen-bond acceptors (Lipinski definition) is 6. The largest absolute Gasteiger partial charge is 0.462 e. The van der Waals surface area contributed by atoms with Crippen molar-refractivity contribution in [3.05, 3.63) is 194 Å². The fourth-order valence-electron chi connectivity index (χ4n) is 7.34. The van der Waals surface area contributed by atoms with Gasteiger partial charge in [0.05, 0.1) is 0 Å². The number of allylic oxidation sites excluding steroid dienone is 32. The van der Waals surface area contributed by atoms with Crippen molar-refractivity contribution in [3.63, 3.8) is 0 Å². The van der Waals surface area contributed by atoms with Crippen molar-refractivity contribution in [2.45, 2.75) is 226 Å². The van der Waals surface area contributed by atoms with Crippen LogP contribution >= 0.6 is 0 Å². The van der Waals surface area contributed by atoms with E-state index >= 15 is 0 Å². The van der Waals surface area contributed by atoms with Gasteiger partial charge in [0.2, 0.25) is 0 Å². The minimum Gasteiger partial charge on any atom is -0.462 e. The Morgan fingerprint density at radius 1 is 0.269 bits per heavy atom. The van der Waals surface area contributed by atoms with E-state index in [0.29, 0.717) is 12.8 Å². The molecule has 0 spiro atoms. The highest BCUT2D eigenvalue weighted by molar-refractivity contribution is 5.71. The molecule has 78 heavy (non-hydrogen) atoms. The zero-order chi connectivity index (χ0) is 56.4. The van der Waals surface area contributed by atoms with E-state index in [1.807, 2.05) is 12.2 Å². The summed E-state index contributed by atoms with van der Waals surface area (Å²) in [5.41, 5.74) is 0. The molecule has 0 heterocycles. The predicted octanol–water partition coefficient (Wildman–Crippen LogP) is 21.0. The van der Waals surface area contributed by atoms with Crippen LogP contribution in [0.2, 0.25) is 0 Å². The van der Waals surface area contributed by atoms with Gasteiger partial charge in [-0.2, -0.15) is 0 Å². The zero-order valence-electron chi connectivity index (χ0n) is 49.3. The highest BCUT2D eigenvalue weighted by Crippen LogP contribution is 2.11. The molecule has 6 heteroatoms. The van der Waals surface area contributed by atoms with E-state index in [1.54, 1.807) is 0 Å². The fraction of sp³-hybridized carbons (Fsp3) is 0.514. The van der Waals surface area contributed by atoms with Crippen LogP contribution in [0.25, 0.3) is 0 Å². The van der Waals surface area contributed by atoms with Gasteiger partial charge in [0.15, 0.2) is 6.10 Å². The van der Waals surface area contributed by atoms with Crippen LogP contribution in [-0.2, 0) is 28.6 Å². The Hall–Kier alpha value is -5.75. The summed E-state index contributed by atoms with van der Waals surface area (Å²) >= 11 is 0. The Morgan fingerprint density at radius 3 is 0.859 bits per heavy atom. The molecule has 1 unspecified atom stereocenters. The maximum atomic E-state index is 12.8. The van der Waals surface area contributed by atoms with Gasteiger partial charge in [-0.05, 0) is 148 Å². The van der Waals surface area contributed by atoms with Gasteiger partial charge in [-0.15, -0.1) is 0 Å². The molecule has 0 saturated carbocycles. The molecule has 0 bridgehead atoms. The molecule has 0 fully saturated rings. The lowest BCUT2D eigenvalue weighted by molar-refractivity contribution is -0.166. The van der Waals surface area contributed by atoms with Crippen LogP contribution in [0.3, 0.4) is 0 Å². The molecular formula is C72H108O6. The van der Waals surface area contributed by atoms with Crippen molar-refractivity contribution in [2.75, 3.05) is 13.2 Å². The first kappa shape index (κ1) is 72.2. The molecular weight excluding hydrogens is 961 g/mol. The topological polar surface area (TPSA) is 78.9 Å². The van der Waals surface area contributed by atoms with Crippen molar-refractivity contribution in [2.24, 2.45) is 0 Å². The number of carbonyl (C=O) groups excluding carboxylic acids is 3. The minimum atomic E-state index is -0.847. The summed E-state index contributed by atoms with van der Waals surface area (Å²) in [6.45, 7) is 6.22. The zero-order valence-corrected chi connectivity index (χ0v) is 49.3. The molecule has 0 aliphatic rings. The second-order valence-corrected chi connectivity index (χ2v) is 19.1. The average Bonchev–Trinajstić information content (AvgIpc) is 3.44. The summed E-state index contributed by atoms with van der Waals surface area (Å²) in [7, 11) is 0. The number of rotatable bonds is 52. The molecule has 0 aromatic rings. The van der Waals surface area contributed by atoms with Gasteiger partial charge in [-0.1, -0.05) is 247 Å². The summed E-state index contributed by atoms with van der Waals surface area (Å²) in [6, 6.07) is 0. The van der Waals surface area contributed by atoms with Gasteiger partial charge in [-0.3, -0.25) is 14.4 Å². The molecule has 1 atom stereocenters. The quantitative estimate of drug-likeness (QED) is 0.0261. The van der Waals surface area contributed by atoms with E-state index in [1.165, 1.54) is 12.8 Å². The van der Waals surface area contributed by atoms with Crippen molar-refractivity contribution in [1.82, 2.24) is 0 Å². The standard InChI is InChI=1S/C72H108O6/c1-4-7-10-13-16-19-22-24-26-28-30-31-32-33-34-35-36-37-38-39-40-41-43-44-46-48-50-53-56-59-62-65-71(74)77-68-69(67-76-70(73)64-61-58-55-52-21-18-15-12-9-6-3)78-72(75)66-63-60-57-54-51-49-47-45-42-29-27-25-23-20-17-14-11-8-5-2/h7-8,10-12,15-17,19-20,24-27,30-31,33-34,36-37,39-40,42-45,48-51,57,60,69H,4-6,9,13-14,18,21-23,28-29,32,35,38,41,46-47,52-56,58-59,61-68H2,1-3H3/b10-7-,11-8-,15-12-,19-16-,20-17-,26-24-,27-25-,31-30-,34-33-,37-36-,40-39-,44-43-,45-42-,50-48-,51-49-,60-57-. The summed E-state index contributed by atoms with van der Waals surface area (Å²) in [4.78, 5) is 38.1. The summed E-state index contributed by atoms with van der Waals surface area (Å²) in [6.07, 6.45) is 97.4. The number of unbranched alkanes of at least 4 members (excludes halogenated alkanes) is 9. The van der Waals surface area contributed by atoms with Crippen LogP contribution in [0.1, 0.15) is 220 Å². The third-order valence-corrected chi connectivity index (χ3v) is 11.8. The number of carbonyl (C=O) groups is 3. The molecule has 0 aliphatic carbocycles.